The number of ether oxygens (including phenoxy) is 1. The summed E-state index contributed by atoms with van der Waals surface area (Å²) in [6.45, 7) is 1.54. The number of H-pyrrole nitrogens is 1. The lowest BCUT2D eigenvalue weighted by atomic mass is 10.1. The van der Waals surface area contributed by atoms with E-state index in [0.717, 1.165) is 35.9 Å². The SMILES string of the molecule is O=C(O)c1cc(-c2csc(C3CCOC3)n2)c[nH]1. The van der Waals surface area contributed by atoms with E-state index in [2.05, 4.69) is 9.97 Å². The Morgan fingerprint density at radius 3 is 3.17 bits per heavy atom. The smallest absolute Gasteiger partial charge is 0.352 e. The Labute approximate surface area is 107 Å². The number of aromatic carboxylic acids is 1. The second-order valence-electron chi connectivity index (χ2n) is 4.24. The zero-order valence-corrected chi connectivity index (χ0v) is 10.4. The maximum Gasteiger partial charge on any atom is 0.352 e. The fourth-order valence-electron chi connectivity index (χ4n) is 2.00. The van der Waals surface area contributed by atoms with Crippen molar-refractivity contribution < 1.29 is 14.6 Å². The van der Waals surface area contributed by atoms with E-state index >= 15 is 0 Å². The van der Waals surface area contributed by atoms with Crippen LogP contribution in [0.15, 0.2) is 17.6 Å². The third-order valence-electron chi connectivity index (χ3n) is 3.01. The number of nitrogens with zero attached hydrogens (tertiary/aromatic N) is 1. The van der Waals surface area contributed by atoms with Gasteiger partial charge < -0.3 is 14.8 Å². The largest absolute Gasteiger partial charge is 0.477 e. The van der Waals surface area contributed by atoms with Crippen molar-refractivity contribution in [2.24, 2.45) is 0 Å². The molecule has 1 aliphatic heterocycles. The van der Waals surface area contributed by atoms with Gasteiger partial charge in [0.15, 0.2) is 0 Å². The minimum absolute atomic E-state index is 0.184. The van der Waals surface area contributed by atoms with Crippen LogP contribution in [0, 0.1) is 0 Å². The lowest BCUT2D eigenvalue weighted by molar-refractivity contribution is 0.0691. The summed E-state index contributed by atoms with van der Waals surface area (Å²) in [7, 11) is 0. The average Bonchev–Trinajstić information content (AvgIpc) is 3.10. The fraction of sp³-hybridized carbons (Fsp3) is 0.333. The zero-order valence-electron chi connectivity index (χ0n) is 9.55. The summed E-state index contributed by atoms with van der Waals surface area (Å²) in [6, 6.07) is 1.60. The van der Waals surface area contributed by atoms with Gasteiger partial charge in [0.1, 0.15) is 5.69 Å². The van der Waals surface area contributed by atoms with Gasteiger partial charge in [-0.2, -0.15) is 0 Å². The number of hydrogen-bond donors (Lipinski definition) is 2. The first kappa shape index (κ1) is 11.4. The molecule has 0 amide bonds. The molecule has 6 heteroatoms. The van der Waals surface area contributed by atoms with Gasteiger partial charge >= 0.3 is 5.97 Å². The average molecular weight is 264 g/mol. The van der Waals surface area contributed by atoms with Crippen molar-refractivity contribution >= 4 is 17.3 Å². The van der Waals surface area contributed by atoms with Gasteiger partial charge in [-0.1, -0.05) is 0 Å². The summed E-state index contributed by atoms with van der Waals surface area (Å²) < 4.78 is 5.34. The molecule has 18 heavy (non-hydrogen) atoms. The highest BCUT2D eigenvalue weighted by Crippen LogP contribution is 2.31. The first-order valence-corrected chi connectivity index (χ1v) is 6.57. The van der Waals surface area contributed by atoms with Gasteiger partial charge in [0.25, 0.3) is 0 Å². The van der Waals surface area contributed by atoms with Gasteiger partial charge in [-0.15, -0.1) is 11.3 Å². The molecule has 0 saturated carbocycles. The molecule has 1 atom stereocenters. The molecule has 2 N–H and O–H groups in total. The molecule has 0 bridgehead atoms. The van der Waals surface area contributed by atoms with E-state index in [9.17, 15) is 4.79 Å². The molecule has 3 heterocycles. The highest BCUT2D eigenvalue weighted by Gasteiger charge is 2.21. The molecule has 0 aromatic carbocycles. The van der Waals surface area contributed by atoms with E-state index in [1.54, 1.807) is 23.6 Å². The van der Waals surface area contributed by atoms with Gasteiger partial charge in [0.05, 0.1) is 17.3 Å². The van der Waals surface area contributed by atoms with Crippen molar-refractivity contribution in [3.8, 4) is 11.3 Å². The Morgan fingerprint density at radius 1 is 1.61 bits per heavy atom. The van der Waals surface area contributed by atoms with Crippen molar-refractivity contribution in [1.82, 2.24) is 9.97 Å². The lowest BCUT2D eigenvalue weighted by Gasteiger charge is -2.00. The minimum Gasteiger partial charge on any atom is -0.477 e. The van der Waals surface area contributed by atoms with Crippen molar-refractivity contribution in [1.29, 1.82) is 0 Å². The van der Waals surface area contributed by atoms with Crippen LogP contribution in [-0.4, -0.2) is 34.3 Å². The van der Waals surface area contributed by atoms with Crippen molar-refractivity contribution in [2.75, 3.05) is 13.2 Å². The summed E-state index contributed by atoms with van der Waals surface area (Å²) in [5, 5.41) is 11.9. The highest BCUT2D eigenvalue weighted by molar-refractivity contribution is 7.10. The van der Waals surface area contributed by atoms with E-state index in [-0.39, 0.29) is 5.69 Å². The lowest BCUT2D eigenvalue weighted by Crippen LogP contribution is -1.96. The third kappa shape index (κ3) is 2.04. The van der Waals surface area contributed by atoms with Crippen LogP contribution in [0.4, 0.5) is 0 Å². The number of aromatic amines is 1. The molecule has 94 valence electrons. The molecule has 1 unspecified atom stereocenters. The molecule has 3 rings (SSSR count). The molecule has 0 radical (unpaired) electrons. The van der Waals surface area contributed by atoms with Gasteiger partial charge in [-0.25, -0.2) is 9.78 Å². The molecule has 0 aliphatic carbocycles. The monoisotopic (exact) mass is 264 g/mol. The predicted octanol–water partition coefficient (Wildman–Crippen LogP) is 2.34. The van der Waals surface area contributed by atoms with Crippen LogP contribution in [0.3, 0.4) is 0 Å². The summed E-state index contributed by atoms with van der Waals surface area (Å²) in [4.78, 5) is 18.1. The van der Waals surface area contributed by atoms with Crippen LogP contribution < -0.4 is 0 Å². The van der Waals surface area contributed by atoms with E-state index in [1.165, 1.54) is 0 Å². The van der Waals surface area contributed by atoms with E-state index < -0.39 is 5.97 Å². The van der Waals surface area contributed by atoms with Gasteiger partial charge in [-0.3, -0.25) is 0 Å². The molecule has 2 aromatic rings. The maximum absolute atomic E-state index is 10.8. The van der Waals surface area contributed by atoms with Crippen LogP contribution in [0.5, 0.6) is 0 Å². The summed E-state index contributed by atoms with van der Waals surface area (Å²) in [6.07, 6.45) is 2.69. The molecular formula is C12H12N2O3S. The maximum atomic E-state index is 10.8. The van der Waals surface area contributed by atoms with Gasteiger partial charge in [-0.05, 0) is 12.5 Å². The minimum atomic E-state index is -0.958. The summed E-state index contributed by atoms with van der Waals surface area (Å²) in [5.74, 6) is -0.567. The molecule has 1 fully saturated rings. The van der Waals surface area contributed by atoms with Crippen molar-refractivity contribution in [3.63, 3.8) is 0 Å². The summed E-state index contributed by atoms with van der Waals surface area (Å²) >= 11 is 1.61. The Bertz CT molecular complexity index is 569. The number of thiazole rings is 1. The third-order valence-corrected chi connectivity index (χ3v) is 4.02. The standard InChI is InChI=1S/C12H12N2O3S/c15-12(16)9-3-8(4-13-9)10-6-18-11(14-10)7-1-2-17-5-7/h3-4,6-7,13H,1-2,5H2,(H,15,16). The number of carboxylic acid groups (broad SMARTS) is 1. The molecular weight excluding hydrogens is 252 g/mol. The van der Waals surface area contributed by atoms with Crippen LogP contribution in [0.1, 0.15) is 27.8 Å². The van der Waals surface area contributed by atoms with Gasteiger partial charge in [0, 0.05) is 29.7 Å². The van der Waals surface area contributed by atoms with Crippen LogP contribution >= 0.6 is 11.3 Å². The van der Waals surface area contributed by atoms with Crippen LogP contribution in [0.2, 0.25) is 0 Å². The number of nitrogens with one attached hydrogen (secondary N) is 1. The van der Waals surface area contributed by atoms with Crippen LogP contribution in [-0.2, 0) is 4.74 Å². The molecule has 2 aromatic heterocycles. The highest BCUT2D eigenvalue weighted by atomic mass is 32.1. The first-order chi connectivity index (χ1) is 8.74. The quantitative estimate of drug-likeness (QED) is 0.892. The van der Waals surface area contributed by atoms with Crippen LogP contribution in [0.25, 0.3) is 11.3 Å². The summed E-state index contributed by atoms with van der Waals surface area (Å²) in [5.41, 5.74) is 1.82. The second kappa shape index (κ2) is 4.55. The van der Waals surface area contributed by atoms with E-state index in [0.29, 0.717) is 5.92 Å². The topological polar surface area (TPSA) is 75.2 Å². The fourth-order valence-corrected chi connectivity index (χ4v) is 2.95. The Balaban J connectivity index is 1.85. The van der Waals surface area contributed by atoms with Crippen molar-refractivity contribution in [2.45, 2.75) is 12.3 Å². The number of carboxylic acids is 1. The zero-order chi connectivity index (χ0) is 12.5. The Morgan fingerprint density at radius 2 is 2.50 bits per heavy atom. The Hall–Kier alpha value is -1.66. The Kier molecular flexibility index (Phi) is 2.89. The number of carbonyl (C=O) groups is 1. The predicted molar refractivity (Wildman–Crippen MR) is 67.0 cm³/mol. The molecule has 1 saturated heterocycles. The number of aromatic nitrogens is 2. The molecule has 5 nitrogen and oxygen atoms in total. The van der Waals surface area contributed by atoms with Crippen molar-refractivity contribution in [3.05, 3.63) is 28.3 Å². The molecule has 0 spiro atoms. The second-order valence-corrected chi connectivity index (χ2v) is 5.13. The normalized spacial score (nSPS) is 19.2. The molecule has 1 aliphatic rings. The van der Waals surface area contributed by atoms with E-state index in [1.807, 2.05) is 5.38 Å². The van der Waals surface area contributed by atoms with E-state index in [4.69, 9.17) is 9.84 Å². The number of rotatable bonds is 3. The van der Waals surface area contributed by atoms with Gasteiger partial charge in [0.2, 0.25) is 0 Å². The first-order valence-electron chi connectivity index (χ1n) is 5.69. The number of hydrogen-bond acceptors (Lipinski definition) is 4.